The van der Waals surface area contributed by atoms with Gasteiger partial charge in [-0.05, 0) is 30.0 Å². The van der Waals surface area contributed by atoms with E-state index < -0.39 is 0 Å². The van der Waals surface area contributed by atoms with Crippen LogP contribution < -0.4 is 5.73 Å². The molecule has 0 aromatic carbocycles. The number of nitrogens with one attached hydrogen (secondary N) is 1. The maximum absolute atomic E-state index is 5.98. The lowest BCUT2D eigenvalue weighted by atomic mass is 9.97. The molecule has 94 valence electrons. The lowest BCUT2D eigenvalue weighted by molar-refractivity contribution is 0.539. The van der Waals surface area contributed by atoms with Crippen LogP contribution in [0, 0.1) is 5.92 Å². The summed E-state index contributed by atoms with van der Waals surface area (Å²) in [5.41, 5.74) is 9.32. The highest BCUT2D eigenvalue weighted by molar-refractivity contribution is 5.75. The van der Waals surface area contributed by atoms with Crippen molar-refractivity contribution < 1.29 is 0 Å². The first kappa shape index (κ1) is 11.3. The first-order valence-electron chi connectivity index (χ1n) is 6.57. The van der Waals surface area contributed by atoms with Crippen molar-refractivity contribution in [2.45, 2.75) is 32.1 Å². The molecule has 0 bridgehead atoms. The summed E-state index contributed by atoms with van der Waals surface area (Å²) in [7, 11) is 0. The largest absolute Gasteiger partial charge is 0.382 e. The van der Waals surface area contributed by atoms with Gasteiger partial charge in [0.1, 0.15) is 0 Å². The number of nitrogen functional groups attached to an aromatic ring is 1. The van der Waals surface area contributed by atoms with Crippen molar-refractivity contribution in [1.29, 1.82) is 0 Å². The number of aromatic nitrogens is 3. The standard InChI is InChI=1S/C14H18N4/c15-14-13(11-5-7-16-8-6-11)12(17-18-14)9-10-3-1-2-4-10/h5-8,10H,1-4,9H2,(H3,15,17,18). The Labute approximate surface area is 107 Å². The number of hydrogen-bond donors (Lipinski definition) is 2. The molecule has 3 N–H and O–H groups in total. The predicted octanol–water partition coefficient (Wildman–Crippen LogP) is 2.79. The van der Waals surface area contributed by atoms with E-state index in [1.54, 1.807) is 12.4 Å². The molecule has 4 heteroatoms. The lowest BCUT2D eigenvalue weighted by Gasteiger charge is -2.09. The quantitative estimate of drug-likeness (QED) is 0.869. The minimum atomic E-state index is 0.592. The van der Waals surface area contributed by atoms with E-state index in [1.165, 1.54) is 31.4 Å². The van der Waals surface area contributed by atoms with Crippen LogP contribution in [-0.4, -0.2) is 15.2 Å². The summed E-state index contributed by atoms with van der Waals surface area (Å²) in [6.45, 7) is 0. The second-order valence-corrected chi connectivity index (χ2v) is 5.05. The second-order valence-electron chi connectivity index (χ2n) is 5.05. The molecular weight excluding hydrogens is 224 g/mol. The van der Waals surface area contributed by atoms with Crippen LogP contribution in [0.25, 0.3) is 11.1 Å². The van der Waals surface area contributed by atoms with Crippen LogP contribution in [0.15, 0.2) is 24.5 Å². The van der Waals surface area contributed by atoms with Crippen LogP contribution in [0.1, 0.15) is 31.4 Å². The van der Waals surface area contributed by atoms with Gasteiger partial charge in [-0.25, -0.2) is 0 Å². The van der Waals surface area contributed by atoms with E-state index in [0.29, 0.717) is 5.82 Å². The smallest absolute Gasteiger partial charge is 0.153 e. The third kappa shape index (κ3) is 2.10. The van der Waals surface area contributed by atoms with Crippen LogP contribution in [0.5, 0.6) is 0 Å². The Bertz CT molecular complexity index is 512. The van der Waals surface area contributed by atoms with E-state index in [1.807, 2.05) is 12.1 Å². The summed E-state index contributed by atoms with van der Waals surface area (Å²) >= 11 is 0. The number of pyridine rings is 1. The summed E-state index contributed by atoms with van der Waals surface area (Å²) in [5, 5.41) is 7.27. The Balaban J connectivity index is 1.91. The summed E-state index contributed by atoms with van der Waals surface area (Å²) in [5.74, 6) is 1.37. The van der Waals surface area contributed by atoms with Gasteiger partial charge in [0, 0.05) is 23.7 Å². The molecule has 0 atom stereocenters. The molecule has 0 spiro atoms. The third-order valence-electron chi connectivity index (χ3n) is 3.81. The van der Waals surface area contributed by atoms with Gasteiger partial charge in [-0.15, -0.1) is 0 Å². The van der Waals surface area contributed by atoms with Crippen LogP contribution >= 0.6 is 0 Å². The topological polar surface area (TPSA) is 67.6 Å². The van der Waals surface area contributed by atoms with Crippen LogP contribution in [-0.2, 0) is 6.42 Å². The fraction of sp³-hybridized carbons (Fsp3) is 0.429. The van der Waals surface area contributed by atoms with E-state index in [4.69, 9.17) is 5.73 Å². The van der Waals surface area contributed by atoms with E-state index in [9.17, 15) is 0 Å². The maximum atomic E-state index is 5.98. The molecule has 0 unspecified atom stereocenters. The van der Waals surface area contributed by atoms with E-state index >= 15 is 0 Å². The molecule has 2 aromatic heterocycles. The molecular formula is C14H18N4. The zero-order valence-electron chi connectivity index (χ0n) is 10.4. The van der Waals surface area contributed by atoms with E-state index in [2.05, 4.69) is 15.2 Å². The molecule has 1 saturated carbocycles. The highest BCUT2D eigenvalue weighted by atomic mass is 15.2. The zero-order valence-corrected chi connectivity index (χ0v) is 10.4. The number of rotatable bonds is 3. The fourth-order valence-electron chi connectivity index (χ4n) is 2.89. The summed E-state index contributed by atoms with van der Waals surface area (Å²) in [4.78, 5) is 4.05. The van der Waals surface area contributed by atoms with Gasteiger partial charge in [-0.3, -0.25) is 10.1 Å². The Kier molecular flexibility index (Phi) is 3.00. The Morgan fingerprint density at radius 3 is 2.67 bits per heavy atom. The highest BCUT2D eigenvalue weighted by Gasteiger charge is 2.20. The highest BCUT2D eigenvalue weighted by Crippen LogP contribution is 2.33. The number of aromatic amines is 1. The molecule has 1 aliphatic carbocycles. The number of hydrogen-bond acceptors (Lipinski definition) is 3. The number of nitrogens with two attached hydrogens (primary N) is 1. The second kappa shape index (κ2) is 4.80. The Morgan fingerprint density at radius 2 is 1.94 bits per heavy atom. The van der Waals surface area contributed by atoms with Crippen molar-refractivity contribution in [3.63, 3.8) is 0 Å². The van der Waals surface area contributed by atoms with Gasteiger partial charge in [0.15, 0.2) is 5.82 Å². The van der Waals surface area contributed by atoms with E-state index in [0.717, 1.165) is 23.5 Å². The zero-order chi connectivity index (χ0) is 12.4. The molecule has 0 radical (unpaired) electrons. The van der Waals surface area contributed by atoms with Crippen molar-refractivity contribution in [2.24, 2.45) is 5.92 Å². The molecule has 0 amide bonds. The maximum Gasteiger partial charge on any atom is 0.153 e. The van der Waals surface area contributed by atoms with Crippen molar-refractivity contribution in [2.75, 3.05) is 5.73 Å². The van der Waals surface area contributed by atoms with Crippen molar-refractivity contribution in [1.82, 2.24) is 15.2 Å². The van der Waals surface area contributed by atoms with Gasteiger partial charge >= 0.3 is 0 Å². The minimum absolute atomic E-state index is 0.592. The van der Waals surface area contributed by atoms with Crippen LogP contribution in [0.4, 0.5) is 5.82 Å². The molecule has 4 nitrogen and oxygen atoms in total. The molecule has 1 aliphatic rings. The third-order valence-corrected chi connectivity index (χ3v) is 3.81. The van der Waals surface area contributed by atoms with Gasteiger partial charge in [-0.2, -0.15) is 5.10 Å². The fourth-order valence-corrected chi connectivity index (χ4v) is 2.89. The molecule has 3 rings (SSSR count). The van der Waals surface area contributed by atoms with Gasteiger partial charge in [-0.1, -0.05) is 25.7 Å². The normalized spacial score (nSPS) is 16.2. The molecule has 18 heavy (non-hydrogen) atoms. The molecule has 0 saturated heterocycles. The van der Waals surface area contributed by atoms with Crippen molar-refractivity contribution in [3.8, 4) is 11.1 Å². The van der Waals surface area contributed by atoms with Gasteiger partial charge in [0.05, 0.1) is 0 Å². The van der Waals surface area contributed by atoms with Gasteiger partial charge in [0.25, 0.3) is 0 Å². The molecule has 1 fully saturated rings. The van der Waals surface area contributed by atoms with Crippen molar-refractivity contribution in [3.05, 3.63) is 30.2 Å². The number of nitrogens with zero attached hydrogens (tertiary/aromatic N) is 2. The van der Waals surface area contributed by atoms with Crippen LogP contribution in [0.2, 0.25) is 0 Å². The van der Waals surface area contributed by atoms with Gasteiger partial charge in [0.2, 0.25) is 0 Å². The SMILES string of the molecule is Nc1n[nH]c(CC2CCCC2)c1-c1ccncc1. The number of anilines is 1. The average molecular weight is 242 g/mol. The van der Waals surface area contributed by atoms with Crippen LogP contribution in [0.3, 0.4) is 0 Å². The van der Waals surface area contributed by atoms with Gasteiger partial charge < -0.3 is 5.73 Å². The number of H-pyrrole nitrogens is 1. The first-order chi connectivity index (χ1) is 8.84. The predicted molar refractivity (Wildman–Crippen MR) is 71.9 cm³/mol. The summed E-state index contributed by atoms with van der Waals surface area (Å²) < 4.78 is 0. The molecule has 0 aliphatic heterocycles. The summed E-state index contributed by atoms with van der Waals surface area (Å²) in [6, 6.07) is 3.97. The average Bonchev–Trinajstić information content (AvgIpc) is 3.02. The minimum Gasteiger partial charge on any atom is -0.382 e. The summed E-state index contributed by atoms with van der Waals surface area (Å²) in [6.07, 6.45) is 10.0. The van der Waals surface area contributed by atoms with E-state index in [-0.39, 0.29) is 0 Å². The molecule has 2 heterocycles. The lowest BCUT2D eigenvalue weighted by Crippen LogP contribution is -2.01. The monoisotopic (exact) mass is 242 g/mol. The molecule has 2 aromatic rings. The first-order valence-corrected chi connectivity index (χ1v) is 6.57. The van der Waals surface area contributed by atoms with Crippen molar-refractivity contribution >= 4 is 5.82 Å². The Morgan fingerprint density at radius 1 is 1.22 bits per heavy atom. The Hall–Kier alpha value is -1.84.